The van der Waals surface area contributed by atoms with Gasteiger partial charge in [-0.3, -0.25) is 4.40 Å². The van der Waals surface area contributed by atoms with Gasteiger partial charge in [-0.1, -0.05) is 35.9 Å². The molecule has 4 aromatic rings. The summed E-state index contributed by atoms with van der Waals surface area (Å²) in [7, 11) is 0. The molecule has 0 aliphatic rings. The maximum Gasteiger partial charge on any atom is 0.198 e. The lowest BCUT2D eigenvalue weighted by Crippen LogP contribution is -1.93. The predicted octanol–water partition coefficient (Wildman–Crippen LogP) is 2.99. The zero-order valence-corrected chi connectivity index (χ0v) is 11.0. The van der Waals surface area contributed by atoms with Gasteiger partial charge >= 0.3 is 0 Å². The van der Waals surface area contributed by atoms with Crippen LogP contribution in [0.2, 0.25) is 5.15 Å². The Morgan fingerprint density at radius 2 is 1.90 bits per heavy atom. The van der Waals surface area contributed by atoms with E-state index in [0.29, 0.717) is 16.6 Å². The van der Waals surface area contributed by atoms with Crippen molar-refractivity contribution in [2.24, 2.45) is 0 Å². The van der Waals surface area contributed by atoms with Crippen molar-refractivity contribution in [3.8, 4) is 11.5 Å². The first-order chi connectivity index (χ1) is 9.83. The highest BCUT2D eigenvalue weighted by Gasteiger charge is 2.12. The van der Waals surface area contributed by atoms with E-state index < -0.39 is 0 Å². The van der Waals surface area contributed by atoms with Crippen LogP contribution < -0.4 is 0 Å². The summed E-state index contributed by atoms with van der Waals surface area (Å²) in [6.07, 6.45) is 3.39. The molecule has 0 aliphatic heterocycles. The van der Waals surface area contributed by atoms with Crippen LogP contribution in [0.15, 0.2) is 48.8 Å². The highest BCUT2D eigenvalue weighted by molar-refractivity contribution is 6.32. The highest BCUT2D eigenvalue weighted by Crippen LogP contribution is 2.21. The number of halogens is 1. The Labute approximate surface area is 118 Å². The topological polar surface area (TPSA) is 56.0 Å². The van der Waals surface area contributed by atoms with Gasteiger partial charge in [0.25, 0.3) is 0 Å². The second-order valence-electron chi connectivity index (χ2n) is 4.32. The summed E-state index contributed by atoms with van der Waals surface area (Å²) in [5, 5.41) is 9.63. The van der Waals surface area contributed by atoms with Gasteiger partial charge in [0, 0.05) is 17.8 Å². The zero-order chi connectivity index (χ0) is 13.5. The molecule has 0 N–H and O–H groups in total. The second-order valence-corrected chi connectivity index (χ2v) is 4.68. The van der Waals surface area contributed by atoms with E-state index in [0.717, 1.165) is 16.6 Å². The van der Waals surface area contributed by atoms with E-state index >= 15 is 0 Å². The van der Waals surface area contributed by atoms with E-state index in [1.165, 1.54) is 0 Å². The molecule has 0 unspecified atom stereocenters. The molecule has 6 heteroatoms. The molecule has 0 spiro atoms. The van der Waals surface area contributed by atoms with E-state index in [9.17, 15) is 0 Å². The Balaban J connectivity index is 1.99. The molecule has 3 heterocycles. The van der Waals surface area contributed by atoms with Crippen LogP contribution in [0.25, 0.3) is 28.1 Å². The van der Waals surface area contributed by atoms with Crippen LogP contribution in [-0.2, 0) is 0 Å². The lowest BCUT2D eigenvalue weighted by molar-refractivity contribution is 1.09. The Kier molecular flexibility index (Phi) is 2.40. The SMILES string of the molecule is Clc1nccn2c(-c3ccc4ccccc4n3)nnc12. The molecule has 0 atom stereocenters. The molecule has 0 radical (unpaired) electrons. The molecule has 0 saturated carbocycles. The van der Waals surface area contributed by atoms with Gasteiger partial charge in [-0.25, -0.2) is 9.97 Å². The number of pyridine rings is 1. The summed E-state index contributed by atoms with van der Waals surface area (Å²) < 4.78 is 1.78. The Hall–Kier alpha value is -2.53. The van der Waals surface area contributed by atoms with Crippen molar-refractivity contribution in [1.29, 1.82) is 0 Å². The molecule has 20 heavy (non-hydrogen) atoms. The minimum Gasteiger partial charge on any atom is -0.277 e. The minimum atomic E-state index is 0.326. The van der Waals surface area contributed by atoms with Crippen molar-refractivity contribution >= 4 is 28.2 Å². The highest BCUT2D eigenvalue weighted by atomic mass is 35.5. The van der Waals surface area contributed by atoms with Gasteiger partial charge in [0.2, 0.25) is 0 Å². The number of fused-ring (bicyclic) bond motifs is 2. The Morgan fingerprint density at radius 1 is 1.00 bits per heavy atom. The number of benzene rings is 1. The average Bonchev–Trinajstić information content (AvgIpc) is 2.92. The molecule has 4 rings (SSSR count). The average molecular weight is 282 g/mol. The fourth-order valence-corrected chi connectivity index (χ4v) is 2.35. The van der Waals surface area contributed by atoms with Gasteiger partial charge in [-0.2, -0.15) is 0 Å². The second kappa shape index (κ2) is 4.25. The van der Waals surface area contributed by atoms with E-state index in [4.69, 9.17) is 11.6 Å². The van der Waals surface area contributed by atoms with Crippen molar-refractivity contribution in [3.63, 3.8) is 0 Å². The summed E-state index contributed by atoms with van der Waals surface area (Å²) in [4.78, 5) is 8.60. The zero-order valence-electron chi connectivity index (χ0n) is 10.2. The molecule has 0 fully saturated rings. The molecule has 5 nitrogen and oxygen atoms in total. The first-order valence-corrected chi connectivity index (χ1v) is 6.42. The number of nitrogens with zero attached hydrogens (tertiary/aromatic N) is 5. The van der Waals surface area contributed by atoms with Crippen LogP contribution >= 0.6 is 11.6 Å². The number of rotatable bonds is 1. The van der Waals surface area contributed by atoms with Gasteiger partial charge in [-0.15, -0.1) is 10.2 Å². The van der Waals surface area contributed by atoms with Crippen molar-refractivity contribution in [3.05, 3.63) is 53.9 Å². The Morgan fingerprint density at radius 3 is 2.85 bits per heavy atom. The molecule has 3 aromatic heterocycles. The third-order valence-corrected chi connectivity index (χ3v) is 3.38. The standard InChI is InChI=1S/C14H8ClN5/c15-12-14-19-18-13(20(14)8-7-16-12)11-6-5-9-3-1-2-4-10(9)17-11/h1-8H. The maximum atomic E-state index is 6.00. The number of hydrogen-bond acceptors (Lipinski definition) is 4. The number of para-hydroxylation sites is 1. The monoisotopic (exact) mass is 281 g/mol. The van der Waals surface area contributed by atoms with E-state index in [2.05, 4.69) is 20.2 Å². The molecular formula is C14H8ClN5. The molecule has 0 aliphatic carbocycles. The smallest absolute Gasteiger partial charge is 0.198 e. The summed E-state index contributed by atoms with van der Waals surface area (Å²) in [5.41, 5.74) is 2.19. The largest absolute Gasteiger partial charge is 0.277 e. The van der Waals surface area contributed by atoms with Gasteiger partial charge in [0.15, 0.2) is 16.6 Å². The van der Waals surface area contributed by atoms with Crippen LogP contribution in [0.3, 0.4) is 0 Å². The van der Waals surface area contributed by atoms with Crippen molar-refractivity contribution < 1.29 is 0 Å². The van der Waals surface area contributed by atoms with Crippen LogP contribution in [0.4, 0.5) is 0 Å². The van der Waals surface area contributed by atoms with Gasteiger partial charge in [-0.05, 0) is 12.1 Å². The van der Waals surface area contributed by atoms with Crippen molar-refractivity contribution in [1.82, 2.24) is 24.6 Å². The molecule has 0 saturated heterocycles. The predicted molar refractivity (Wildman–Crippen MR) is 76.5 cm³/mol. The van der Waals surface area contributed by atoms with Crippen LogP contribution in [-0.4, -0.2) is 24.6 Å². The fraction of sp³-hybridized carbons (Fsp3) is 0. The van der Waals surface area contributed by atoms with Crippen LogP contribution in [0.1, 0.15) is 0 Å². The van der Waals surface area contributed by atoms with E-state index in [-0.39, 0.29) is 0 Å². The normalized spacial score (nSPS) is 11.2. The maximum absolute atomic E-state index is 6.00. The Bertz CT molecular complexity index is 931. The summed E-state index contributed by atoms with van der Waals surface area (Å²) in [6.45, 7) is 0. The third-order valence-electron chi connectivity index (χ3n) is 3.11. The lowest BCUT2D eigenvalue weighted by atomic mass is 10.2. The molecule has 96 valence electrons. The van der Waals surface area contributed by atoms with E-state index in [1.54, 1.807) is 16.8 Å². The number of aromatic nitrogens is 5. The molecule has 0 bridgehead atoms. The molecule has 0 amide bonds. The number of hydrogen-bond donors (Lipinski definition) is 0. The van der Waals surface area contributed by atoms with Gasteiger partial charge in [0.05, 0.1) is 5.52 Å². The summed E-state index contributed by atoms with van der Waals surface area (Å²) >= 11 is 6.00. The molecular weight excluding hydrogens is 274 g/mol. The molecule has 1 aromatic carbocycles. The van der Waals surface area contributed by atoms with Gasteiger partial charge < -0.3 is 0 Å². The fourth-order valence-electron chi connectivity index (χ4n) is 2.16. The quantitative estimate of drug-likeness (QED) is 0.538. The van der Waals surface area contributed by atoms with Crippen LogP contribution in [0.5, 0.6) is 0 Å². The van der Waals surface area contributed by atoms with Crippen molar-refractivity contribution in [2.45, 2.75) is 0 Å². The lowest BCUT2D eigenvalue weighted by Gasteiger charge is -2.01. The van der Waals surface area contributed by atoms with E-state index in [1.807, 2.05) is 36.4 Å². The third kappa shape index (κ3) is 1.64. The van der Waals surface area contributed by atoms with Crippen LogP contribution in [0, 0.1) is 0 Å². The van der Waals surface area contributed by atoms with Crippen molar-refractivity contribution in [2.75, 3.05) is 0 Å². The first kappa shape index (κ1) is 11.3. The van der Waals surface area contributed by atoms with Gasteiger partial charge in [0.1, 0.15) is 5.69 Å². The summed E-state index contributed by atoms with van der Waals surface area (Å²) in [5.74, 6) is 0.648. The first-order valence-electron chi connectivity index (χ1n) is 6.04. The minimum absolute atomic E-state index is 0.326. The summed E-state index contributed by atoms with van der Waals surface area (Å²) in [6, 6.07) is 11.9.